The number of fused-ring (bicyclic) bond motifs is 1. The maximum Gasteiger partial charge on any atom is 0.269 e. The molecular formula is C34H48N2O14. The maximum atomic E-state index is 12.3. The molecule has 0 saturated carbocycles. The Morgan fingerprint density at radius 1 is 0.460 bits per heavy atom. The van der Waals surface area contributed by atoms with Gasteiger partial charge in [0, 0.05) is 12.1 Å². The number of non-ortho nitro benzene ring substituents is 1. The summed E-state index contributed by atoms with van der Waals surface area (Å²) in [6.45, 7) is 8.23. The lowest BCUT2D eigenvalue weighted by atomic mass is 10.1. The lowest BCUT2D eigenvalue weighted by molar-refractivity contribution is -0.384. The number of benzene rings is 2. The Balaban J connectivity index is 0.937. The predicted molar refractivity (Wildman–Crippen MR) is 178 cm³/mol. The fraction of sp³-hybridized carbons (Fsp3) is 0.588. The molecule has 16 nitrogen and oxygen atoms in total. The molecule has 0 saturated heterocycles. The van der Waals surface area contributed by atoms with Crippen LogP contribution in [0.2, 0.25) is 0 Å². The number of rotatable bonds is 32. The van der Waals surface area contributed by atoms with Gasteiger partial charge in [0.05, 0.1) is 142 Å². The fourth-order valence-electron chi connectivity index (χ4n) is 4.34. The van der Waals surface area contributed by atoms with Gasteiger partial charge in [-0.25, -0.2) is 0 Å². The average Bonchev–Trinajstić information content (AvgIpc) is 3.37. The van der Waals surface area contributed by atoms with Crippen molar-refractivity contribution < 1.29 is 61.9 Å². The maximum absolute atomic E-state index is 12.3. The quantitative estimate of drug-likeness (QED) is 0.0469. The van der Waals surface area contributed by atoms with Crippen LogP contribution < -0.4 is 4.74 Å². The number of hydrogen-bond donors (Lipinski definition) is 0. The van der Waals surface area contributed by atoms with Crippen molar-refractivity contribution in [3.63, 3.8) is 0 Å². The average molecular weight is 709 g/mol. The molecule has 278 valence electrons. The summed E-state index contributed by atoms with van der Waals surface area (Å²) < 4.78 is 54.6. The Labute approximate surface area is 291 Å². The molecule has 2 amide bonds. The summed E-state index contributed by atoms with van der Waals surface area (Å²) in [5, 5.41) is 10.6. The van der Waals surface area contributed by atoms with E-state index in [0.717, 1.165) is 0 Å². The first-order chi connectivity index (χ1) is 24.6. The van der Waals surface area contributed by atoms with Gasteiger partial charge in [0.15, 0.2) is 0 Å². The molecule has 0 radical (unpaired) electrons. The highest BCUT2D eigenvalue weighted by Crippen LogP contribution is 2.22. The highest BCUT2D eigenvalue weighted by atomic mass is 16.6. The van der Waals surface area contributed by atoms with Gasteiger partial charge in [-0.3, -0.25) is 24.6 Å². The number of nitrogens with zero attached hydrogens (tertiary/aromatic N) is 2. The molecule has 1 aliphatic rings. The molecule has 2 aromatic carbocycles. The molecule has 0 fully saturated rings. The Kier molecular flexibility index (Phi) is 21.5. The second-order valence-corrected chi connectivity index (χ2v) is 10.4. The first kappa shape index (κ1) is 40.8. The lowest BCUT2D eigenvalue weighted by Gasteiger charge is -2.13. The predicted octanol–water partition coefficient (Wildman–Crippen LogP) is 2.42. The second-order valence-electron chi connectivity index (χ2n) is 10.4. The smallest absolute Gasteiger partial charge is 0.269 e. The van der Waals surface area contributed by atoms with Crippen molar-refractivity contribution in [3.05, 3.63) is 69.8 Å². The molecule has 0 unspecified atom stereocenters. The van der Waals surface area contributed by atoms with Gasteiger partial charge in [0.25, 0.3) is 17.5 Å². The van der Waals surface area contributed by atoms with Gasteiger partial charge in [-0.05, 0) is 24.3 Å². The van der Waals surface area contributed by atoms with Crippen molar-refractivity contribution >= 4 is 17.5 Å². The molecule has 1 aliphatic heterocycles. The van der Waals surface area contributed by atoms with E-state index < -0.39 is 4.92 Å². The van der Waals surface area contributed by atoms with E-state index in [2.05, 4.69) is 0 Å². The summed E-state index contributed by atoms with van der Waals surface area (Å²) in [6, 6.07) is 12.7. The van der Waals surface area contributed by atoms with Crippen LogP contribution in [0.3, 0.4) is 0 Å². The Morgan fingerprint density at radius 3 is 1.12 bits per heavy atom. The van der Waals surface area contributed by atoms with Gasteiger partial charge < -0.3 is 47.4 Å². The zero-order valence-corrected chi connectivity index (χ0v) is 28.4. The highest BCUT2D eigenvalue weighted by molar-refractivity contribution is 6.21. The van der Waals surface area contributed by atoms with E-state index in [1.165, 1.54) is 17.0 Å². The molecule has 0 aromatic heterocycles. The van der Waals surface area contributed by atoms with Gasteiger partial charge in [-0.2, -0.15) is 0 Å². The third-order valence-electron chi connectivity index (χ3n) is 6.86. The summed E-state index contributed by atoms with van der Waals surface area (Å²) in [5.74, 6) is -0.0199. The van der Waals surface area contributed by atoms with Crippen molar-refractivity contribution in [2.75, 3.05) is 132 Å². The third-order valence-corrected chi connectivity index (χ3v) is 6.86. The van der Waals surface area contributed by atoms with Gasteiger partial charge in [-0.1, -0.05) is 12.1 Å². The van der Waals surface area contributed by atoms with Crippen LogP contribution >= 0.6 is 0 Å². The zero-order chi connectivity index (χ0) is 35.5. The molecule has 3 rings (SSSR count). The molecule has 16 heteroatoms. The number of ether oxygens (including phenoxy) is 10. The number of nitro benzene ring substituents is 1. The van der Waals surface area contributed by atoms with Crippen molar-refractivity contribution in [2.24, 2.45) is 0 Å². The van der Waals surface area contributed by atoms with Crippen LogP contribution in [0.25, 0.3) is 0 Å². The van der Waals surface area contributed by atoms with Crippen LogP contribution in [0.1, 0.15) is 20.7 Å². The molecule has 1 heterocycles. The number of imide groups is 1. The van der Waals surface area contributed by atoms with Crippen LogP contribution in [0.5, 0.6) is 5.75 Å². The van der Waals surface area contributed by atoms with Crippen LogP contribution in [0.15, 0.2) is 48.5 Å². The van der Waals surface area contributed by atoms with E-state index >= 15 is 0 Å². The fourth-order valence-corrected chi connectivity index (χ4v) is 4.34. The molecule has 0 aliphatic carbocycles. The summed E-state index contributed by atoms with van der Waals surface area (Å²) in [5.41, 5.74) is 0.890. The minimum Gasteiger partial charge on any atom is -0.491 e. The molecular weight excluding hydrogens is 660 g/mol. The van der Waals surface area contributed by atoms with Crippen LogP contribution in [0, 0.1) is 10.1 Å². The minimum atomic E-state index is -0.457. The Hall–Kier alpha value is -3.58. The first-order valence-corrected chi connectivity index (χ1v) is 16.6. The summed E-state index contributed by atoms with van der Waals surface area (Å²) in [6.07, 6.45) is 0. The van der Waals surface area contributed by atoms with E-state index in [0.29, 0.717) is 136 Å². The Morgan fingerprint density at radius 2 is 0.780 bits per heavy atom. The summed E-state index contributed by atoms with van der Waals surface area (Å²) >= 11 is 0. The SMILES string of the molecule is O=C1c2ccccc2C(=O)N1CCOCCOCCOCCOCCOCCOCCOCCOCCOCCOc1ccc([N+](=O)[O-])cc1. The van der Waals surface area contributed by atoms with E-state index in [1.54, 1.807) is 36.4 Å². The monoisotopic (exact) mass is 708 g/mol. The first-order valence-electron chi connectivity index (χ1n) is 16.6. The van der Waals surface area contributed by atoms with Crippen molar-refractivity contribution in [3.8, 4) is 5.75 Å². The van der Waals surface area contributed by atoms with E-state index in [4.69, 9.17) is 47.4 Å². The summed E-state index contributed by atoms with van der Waals surface area (Å²) in [7, 11) is 0. The summed E-state index contributed by atoms with van der Waals surface area (Å²) in [4.78, 5) is 36.0. The molecule has 0 atom stereocenters. The van der Waals surface area contributed by atoms with Gasteiger partial charge in [0.1, 0.15) is 12.4 Å². The van der Waals surface area contributed by atoms with Crippen LogP contribution in [0.4, 0.5) is 5.69 Å². The van der Waals surface area contributed by atoms with E-state index in [1.807, 2.05) is 0 Å². The number of hydrogen-bond acceptors (Lipinski definition) is 14. The minimum absolute atomic E-state index is 0.0195. The van der Waals surface area contributed by atoms with E-state index in [9.17, 15) is 19.7 Å². The molecule has 0 spiro atoms. The number of nitro groups is 1. The van der Waals surface area contributed by atoms with Crippen molar-refractivity contribution in [1.29, 1.82) is 0 Å². The Bertz CT molecular complexity index is 1200. The highest BCUT2D eigenvalue weighted by Gasteiger charge is 2.34. The number of carbonyl (C=O) groups is 2. The van der Waals surface area contributed by atoms with Gasteiger partial charge >= 0.3 is 0 Å². The molecule has 0 bridgehead atoms. The molecule has 0 N–H and O–H groups in total. The van der Waals surface area contributed by atoms with Crippen molar-refractivity contribution in [2.45, 2.75) is 0 Å². The van der Waals surface area contributed by atoms with Gasteiger partial charge in [-0.15, -0.1) is 0 Å². The zero-order valence-electron chi connectivity index (χ0n) is 28.4. The number of carbonyl (C=O) groups excluding carboxylic acids is 2. The van der Waals surface area contributed by atoms with E-state index in [-0.39, 0.29) is 30.7 Å². The molecule has 2 aromatic rings. The van der Waals surface area contributed by atoms with Crippen LogP contribution in [-0.2, 0) is 42.6 Å². The lowest BCUT2D eigenvalue weighted by Crippen LogP contribution is -2.33. The normalized spacial score (nSPS) is 12.5. The van der Waals surface area contributed by atoms with Crippen LogP contribution in [-0.4, -0.2) is 154 Å². The standard InChI is InChI=1S/C34H48N2O14/c37-33-31-3-1-2-4-32(31)34(38)35(33)9-10-41-11-12-42-13-14-43-15-16-44-17-18-45-19-20-46-21-22-47-23-24-48-25-26-49-27-28-50-30-7-5-29(6-8-30)36(39)40/h1-8H,9-28H2. The third kappa shape index (κ3) is 16.9. The second kappa shape index (κ2) is 26.3. The van der Waals surface area contributed by atoms with Crippen molar-refractivity contribution in [1.82, 2.24) is 4.90 Å². The molecule has 50 heavy (non-hydrogen) atoms. The largest absolute Gasteiger partial charge is 0.491 e. The number of amides is 2. The topological polar surface area (TPSA) is 173 Å². The van der Waals surface area contributed by atoms with Gasteiger partial charge in [0.2, 0.25) is 0 Å².